The van der Waals surface area contributed by atoms with Gasteiger partial charge in [0.15, 0.2) is 6.61 Å². The van der Waals surface area contributed by atoms with E-state index in [1.54, 1.807) is 30.2 Å². The van der Waals surface area contributed by atoms with Crippen LogP contribution in [0.5, 0.6) is 17.2 Å². The number of para-hydroxylation sites is 1. The van der Waals surface area contributed by atoms with Crippen molar-refractivity contribution in [1.82, 2.24) is 0 Å². The predicted molar refractivity (Wildman–Crippen MR) is 136 cm³/mol. The van der Waals surface area contributed by atoms with Gasteiger partial charge >= 0.3 is 0 Å². The van der Waals surface area contributed by atoms with Gasteiger partial charge in [-0.1, -0.05) is 30.3 Å². The van der Waals surface area contributed by atoms with Gasteiger partial charge in [-0.05, 0) is 67.3 Å². The quantitative estimate of drug-likeness (QED) is 0.429. The summed E-state index contributed by atoms with van der Waals surface area (Å²) in [5, 5.41) is 2.92. The fraction of sp³-hybridized carbons (Fsp3) is 0.286. The number of carbonyl (C=O) groups excluding carboxylic acids is 2. The van der Waals surface area contributed by atoms with Crippen molar-refractivity contribution in [2.75, 3.05) is 37.1 Å². The fourth-order valence-corrected chi connectivity index (χ4v) is 3.93. The van der Waals surface area contributed by atoms with Gasteiger partial charge in [0, 0.05) is 12.2 Å². The fourth-order valence-electron chi connectivity index (χ4n) is 3.93. The number of anilines is 2. The molecule has 0 spiro atoms. The second-order valence-electron chi connectivity index (χ2n) is 8.41. The Balaban J connectivity index is 1.34. The van der Waals surface area contributed by atoms with Crippen molar-refractivity contribution in [3.8, 4) is 17.2 Å². The molecule has 1 aliphatic heterocycles. The van der Waals surface area contributed by atoms with Gasteiger partial charge in [0.05, 0.1) is 25.8 Å². The van der Waals surface area contributed by atoms with Gasteiger partial charge in [-0.3, -0.25) is 9.59 Å². The smallest absolute Gasteiger partial charge is 0.265 e. The zero-order chi connectivity index (χ0) is 24.6. The average molecular weight is 475 g/mol. The Morgan fingerprint density at radius 3 is 2.63 bits per heavy atom. The average Bonchev–Trinajstić information content (AvgIpc) is 2.86. The van der Waals surface area contributed by atoms with E-state index in [1.807, 2.05) is 55.5 Å². The largest absolute Gasteiger partial charge is 0.497 e. The lowest BCUT2D eigenvalue weighted by Gasteiger charge is -2.30. The van der Waals surface area contributed by atoms with E-state index in [2.05, 4.69) is 5.32 Å². The van der Waals surface area contributed by atoms with Gasteiger partial charge in [0.1, 0.15) is 17.2 Å². The van der Waals surface area contributed by atoms with Crippen LogP contribution in [0.15, 0.2) is 66.7 Å². The van der Waals surface area contributed by atoms with Crippen molar-refractivity contribution in [1.29, 1.82) is 0 Å². The van der Waals surface area contributed by atoms with E-state index in [1.165, 1.54) is 0 Å². The van der Waals surface area contributed by atoms with Gasteiger partial charge in [-0.2, -0.15) is 0 Å². The summed E-state index contributed by atoms with van der Waals surface area (Å²) in [5.41, 5.74) is 3.28. The molecule has 0 aliphatic carbocycles. The predicted octanol–water partition coefficient (Wildman–Crippen LogP) is 4.77. The SMILES string of the molecule is COc1ccc(CC(=O)Nc2ccc3c(c2)N(CCCCOc2ccccc2C)C(=O)CO3)cc1. The Morgan fingerprint density at radius 2 is 1.86 bits per heavy atom. The number of benzene rings is 3. The van der Waals surface area contributed by atoms with E-state index >= 15 is 0 Å². The Kier molecular flexibility index (Phi) is 7.88. The number of fused-ring (bicyclic) bond motifs is 1. The maximum Gasteiger partial charge on any atom is 0.265 e. The first-order valence-electron chi connectivity index (χ1n) is 11.7. The zero-order valence-corrected chi connectivity index (χ0v) is 20.1. The van der Waals surface area contributed by atoms with Crippen LogP contribution in [0.2, 0.25) is 0 Å². The van der Waals surface area contributed by atoms with E-state index in [0.717, 1.165) is 35.5 Å². The number of nitrogens with one attached hydrogen (secondary N) is 1. The number of nitrogens with zero attached hydrogens (tertiary/aromatic N) is 1. The van der Waals surface area contributed by atoms with Crippen LogP contribution in [0.1, 0.15) is 24.0 Å². The first kappa shape index (κ1) is 24.1. The molecule has 2 amide bonds. The standard InChI is InChI=1S/C28H30N2O5/c1-20-7-3-4-8-25(20)34-16-6-5-15-30-24-18-22(11-14-26(24)35-19-28(30)32)29-27(31)17-21-9-12-23(33-2)13-10-21/h3-4,7-14,18H,5-6,15-17,19H2,1-2H3,(H,29,31). The van der Waals surface area contributed by atoms with E-state index in [-0.39, 0.29) is 24.8 Å². The monoisotopic (exact) mass is 474 g/mol. The summed E-state index contributed by atoms with van der Waals surface area (Å²) in [6.45, 7) is 3.16. The molecule has 0 unspecified atom stereocenters. The lowest BCUT2D eigenvalue weighted by atomic mass is 10.1. The summed E-state index contributed by atoms with van der Waals surface area (Å²) in [6, 6.07) is 20.7. The van der Waals surface area contributed by atoms with Crippen molar-refractivity contribution in [2.24, 2.45) is 0 Å². The van der Waals surface area contributed by atoms with Crippen LogP contribution in [0.25, 0.3) is 0 Å². The maximum absolute atomic E-state index is 12.6. The molecule has 3 aromatic carbocycles. The number of carbonyl (C=O) groups is 2. The molecule has 1 N–H and O–H groups in total. The van der Waals surface area contributed by atoms with Gasteiger partial charge < -0.3 is 24.4 Å². The summed E-state index contributed by atoms with van der Waals surface area (Å²) >= 11 is 0. The zero-order valence-electron chi connectivity index (χ0n) is 20.1. The third-order valence-corrected chi connectivity index (χ3v) is 5.84. The molecule has 0 atom stereocenters. The van der Waals surface area contributed by atoms with Crippen LogP contribution in [0, 0.1) is 6.92 Å². The lowest BCUT2D eigenvalue weighted by molar-refractivity contribution is -0.121. The molecule has 7 nitrogen and oxygen atoms in total. The number of ether oxygens (including phenoxy) is 3. The summed E-state index contributed by atoms with van der Waals surface area (Å²) in [5.74, 6) is 2.02. The number of hydrogen-bond acceptors (Lipinski definition) is 5. The number of methoxy groups -OCH3 is 1. The summed E-state index contributed by atoms with van der Waals surface area (Å²) in [6.07, 6.45) is 1.83. The molecule has 3 aromatic rings. The summed E-state index contributed by atoms with van der Waals surface area (Å²) in [7, 11) is 1.61. The van der Waals surface area contributed by atoms with E-state index < -0.39 is 0 Å². The van der Waals surface area contributed by atoms with Gasteiger partial charge in [-0.25, -0.2) is 0 Å². The van der Waals surface area contributed by atoms with Crippen LogP contribution < -0.4 is 24.4 Å². The highest BCUT2D eigenvalue weighted by Crippen LogP contribution is 2.35. The highest BCUT2D eigenvalue weighted by molar-refractivity contribution is 5.99. The van der Waals surface area contributed by atoms with E-state index in [0.29, 0.717) is 30.3 Å². The molecule has 1 heterocycles. The molecule has 0 bridgehead atoms. The maximum atomic E-state index is 12.6. The lowest BCUT2D eigenvalue weighted by Crippen LogP contribution is -2.39. The molecule has 4 rings (SSSR count). The molecule has 0 saturated heterocycles. The molecule has 0 aromatic heterocycles. The topological polar surface area (TPSA) is 77.1 Å². The molecule has 7 heteroatoms. The normalized spacial score (nSPS) is 12.5. The Hall–Kier alpha value is -4.00. The van der Waals surface area contributed by atoms with E-state index in [9.17, 15) is 9.59 Å². The van der Waals surface area contributed by atoms with Gasteiger partial charge in [-0.15, -0.1) is 0 Å². The summed E-state index contributed by atoms with van der Waals surface area (Å²) < 4.78 is 16.6. The van der Waals surface area contributed by atoms with Crippen LogP contribution in [0.3, 0.4) is 0 Å². The van der Waals surface area contributed by atoms with Crippen molar-refractivity contribution in [2.45, 2.75) is 26.2 Å². The first-order chi connectivity index (χ1) is 17.0. The Bertz CT molecular complexity index is 1180. The minimum Gasteiger partial charge on any atom is -0.497 e. The molecular formula is C28H30N2O5. The number of amides is 2. The summed E-state index contributed by atoms with van der Waals surface area (Å²) in [4.78, 5) is 26.9. The minimum absolute atomic E-state index is 0.00981. The van der Waals surface area contributed by atoms with Crippen LogP contribution >= 0.6 is 0 Å². The molecular weight excluding hydrogens is 444 g/mol. The molecule has 0 fully saturated rings. The third kappa shape index (κ3) is 6.32. The van der Waals surface area contributed by atoms with Crippen LogP contribution in [-0.2, 0) is 16.0 Å². The van der Waals surface area contributed by atoms with Crippen molar-refractivity contribution < 1.29 is 23.8 Å². The molecule has 35 heavy (non-hydrogen) atoms. The third-order valence-electron chi connectivity index (χ3n) is 5.84. The number of unbranched alkanes of at least 4 members (excludes halogenated alkanes) is 1. The minimum atomic E-state index is -0.141. The van der Waals surface area contributed by atoms with Gasteiger partial charge in [0.25, 0.3) is 5.91 Å². The van der Waals surface area contributed by atoms with Crippen LogP contribution in [0.4, 0.5) is 11.4 Å². The highest BCUT2D eigenvalue weighted by atomic mass is 16.5. The molecule has 182 valence electrons. The molecule has 0 saturated carbocycles. The number of rotatable bonds is 10. The number of aryl methyl sites for hydroxylation is 1. The molecule has 1 aliphatic rings. The second-order valence-corrected chi connectivity index (χ2v) is 8.41. The molecule has 0 radical (unpaired) electrons. The van der Waals surface area contributed by atoms with E-state index in [4.69, 9.17) is 14.2 Å². The second kappa shape index (κ2) is 11.4. The Labute approximate surface area is 205 Å². The van der Waals surface area contributed by atoms with Crippen LogP contribution in [-0.4, -0.2) is 38.7 Å². The first-order valence-corrected chi connectivity index (χ1v) is 11.7. The van der Waals surface area contributed by atoms with Gasteiger partial charge in [0.2, 0.25) is 5.91 Å². The number of hydrogen-bond donors (Lipinski definition) is 1. The Morgan fingerprint density at radius 1 is 1.06 bits per heavy atom. The van der Waals surface area contributed by atoms with Crippen molar-refractivity contribution in [3.05, 3.63) is 77.9 Å². The highest BCUT2D eigenvalue weighted by Gasteiger charge is 2.25. The van der Waals surface area contributed by atoms with Crippen molar-refractivity contribution >= 4 is 23.2 Å². The van der Waals surface area contributed by atoms with Crippen molar-refractivity contribution in [3.63, 3.8) is 0 Å².